The lowest BCUT2D eigenvalue weighted by molar-refractivity contribution is 0.993. The van der Waals surface area contributed by atoms with Crippen LogP contribution in [0.3, 0.4) is 0 Å². The van der Waals surface area contributed by atoms with Gasteiger partial charge in [-0.25, -0.2) is 0 Å². The SMILES string of the molecule is Cc1ccc([Si](c2ccccc2)C2([Si](C)(C)C)[Si](C)(C)C([Si](c3ccccc3)c3ccc(C)cc3)([Si](C)(C)C)[Si]2(C)C)cc1. The van der Waals surface area contributed by atoms with E-state index < -0.39 is 49.9 Å². The fourth-order valence-corrected chi connectivity index (χ4v) is 92.8. The van der Waals surface area contributed by atoms with Crippen molar-refractivity contribution in [2.75, 3.05) is 0 Å². The minimum absolute atomic E-state index is 0.476. The molecule has 4 aromatic carbocycles. The molecule has 1 fully saturated rings. The van der Waals surface area contributed by atoms with Gasteiger partial charge in [0.1, 0.15) is 17.6 Å². The van der Waals surface area contributed by atoms with Crippen LogP contribution in [0.1, 0.15) is 11.1 Å². The number of hydrogen-bond acceptors (Lipinski definition) is 0. The van der Waals surface area contributed by atoms with Crippen LogP contribution in [-0.2, 0) is 0 Å². The first kappa shape index (κ1) is 33.5. The first-order chi connectivity index (χ1) is 20.5. The van der Waals surface area contributed by atoms with Gasteiger partial charge in [-0.2, -0.15) is 0 Å². The van der Waals surface area contributed by atoms with Crippen LogP contribution in [0, 0.1) is 13.8 Å². The molecule has 0 unspecified atom stereocenters. The second-order valence-electron chi connectivity index (χ2n) is 16.5. The van der Waals surface area contributed by atoms with Crippen LogP contribution in [0.4, 0.5) is 0 Å². The zero-order valence-corrected chi connectivity index (χ0v) is 35.4. The minimum atomic E-state index is -2.03. The van der Waals surface area contributed by atoms with Gasteiger partial charge >= 0.3 is 0 Å². The molecule has 0 bridgehead atoms. The molecule has 0 nitrogen and oxygen atoms in total. The predicted molar refractivity (Wildman–Crippen MR) is 212 cm³/mol. The van der Waals surface area contributed by atoms with Crippen molar-refractivity contribution in [3.05, 3.63) is 120 Å². The Labute approximate surface area is 276 Å². The summed E-state index contributed by atoms with van der Waals surface area (Å²) >= 11 is 0. The lowest BCUT2D eigenvalue weighted by Gasteiger charge is -2.87. The van der Waals surface area contributed by atoms with Crippen LogP contribution in [-0.4, -0.2) is 49.9 Å². The van der Waals surface area contributed by atoms with Crippen LogP contribution in [0.5, 0.6) is 0 Å². The fraction of sp³-hybridized carbons (Fsp3) is 0.368. The molecule has 0 atom stereocenters. The van der Waals surface area contributed by atoms with Crippen molar-refractivity contribution in [3.8, 4) is 0 Å². The molecule has 1 aliphatic heterocycles. The lowest BCUT2D eigenvalue weighted by atomic mass is 10.2. The number of rotatable bonds is 8. The first-order valence-electron chi connectivity index (χ1n) is 16.5. The summed E-state index contributed by atoms with van der Waals surface area (Å²) in [5.74, 6) is 0. The molecule has 1 heterocycles. The quantitative estimate of drug-likeness (QED) is 0.166. The molecule has 1 saturated heterocycles. The van der Waals surface area contributed by atoms with E-state index >= 15 is 0 Å². The van der Waals surface area contributed by atoms with E-state index in [9.17, 15) is 0 Å². The largest absolute Gasteiger partial charge is 0.119 e. The average molecular weight is 679 g/mol. The molecule has 230 valence electrons. The molecular weight excluding hydrogens is 625 g/mol. The Kier molecular flexibility index (Phi) is 8.73. The topological polar surface area (TPSA) is 0 Å². The number of hydrogen-bond donors (Lipinski definition) is 0. The summed E-state index contributed by atoms with van der Waals surface area (Å²) < 4.78 is 0.952. The highest BCUT2D eigenvalue weighted by molar-refractivity contribution is 7.51. The van der Waals surface area contributed by atoms with Crippen LogP contribution in [0.15, 0.2) is 109 Å². The maximum absolute atomic E-state index is 2.94. The van der Waals surface area contributed by atoms with Gasteiger partial charge in [0.05, 0.1) is 0 Å². The van der Waals surface area contributed by atoms with Crippen molar-refractivity contribution in [3.63, 3.8) is 0 Å². The highest BCUT2D eigenvalue weighted by Crippen LogP contribution is 2.80. The van der Waals surface area contributed by atoms with E-state index in [2.05, 4.69) is 189 Å². The third-order valence-electron chi connectivity index (χ3n) is 11.6. The van der Waals surface area contributed by atoms with E-state index in [1.165, 1.54) is 11.1 Å². The predicted octanol–water partition coefficient (Wildman–Crippen LogP) is 8.04. The highest BCUT2D eigenvalue weighted by atomic mass is 28.6. The third kappa shape index (κ3) is 4.57. The molecule has 6 heteroatoms. The van der Waals surface area contributed by atoms with E-state index in [1.54, 1.807) is 20.7 Å². The van der Waals surface area contributed by atoms with Crippen LogP contribution < -0.4 is 20.7 Å². The summed E-state index contributed by atoms with van der Waals surface area (Å²) in [6.07, 6.45) is 0. The Morgan fingerprint density at radius 1 is 0.409 bits per heavy atom. The van der Waals surface area contributed by atoms with Crippen LogP contribution in [0.25, 0.3) is 0 Å². The van der Waals surface area contributed by atoms with Gasteiger partial charge in [-0.05, 0) is 21.7 Å². The number of aryl methyl sites for hydroxylation is 2. The summed E-state index contributed by atoms with van der Waals surface area (Å²) in [6, 6.07) is 43.6. The van der Waals surface area contributed by atoms with Gasteiger partial charge in [0.25, 0.3) is 0 Å². The maximum atomic E-state index is 2.94. The minimum Gasteiger partial charge on any atom is -0.0697 e. The van der Waals surface area contributed by atoms with Crippen LogP contribution in [0.2, 0.25) is 73.3 Å². The van der Waals surface area contributed by atoms with Gasteiger partial charge in [0, 0.05) is 32.3 Å². The molecule has 0 aliphatic carbocycles. The molecule has 2 radical (unpaired) electrons. The van der Waals surface area contributed by atoms with Crippen molar-refractivity contribution in [2.24, 2.45) is 0 Å². The normalized spacial score (nSPS) is 23.0. The second kappa shape index (κ2) is 11.5. The van der Waals surface area contributed by atoms with Crippen molar-refractivity contribution < 1.29 is 0 Å². The molecule has 44 heavy (non-hydrogen) atoms. The average Bonchev–Trinajstić information content (AvgIpc) is 2.94. The van der Waals surface area contributed by atoms with Gasteiger partial charge in [0.2, 0.25) is 0 Å². The maximum Gasteiger partial charge on any atom is 0.119 e. The number of benzene rings is 4. The molecule has 1 aliphatic rings. The third-order valence-corrected chi connectivity index (χ3v) is 69.2. The Hall–Kier alpha value is -1.82. The summed E-state index contributed by atoms with van der Waals surface area (Å²) in [5, 5.41) is 6.61. The van der Waals surface area contributed by atoms with Gasteiger partial charge < -0.3 is 0 Å². The van der Waals surface area contributed by atoms with E-state index in [4.69, 9.17) is 0 Å². The fourth-order valence-electron chi connectivity index (χ4n) is 11.7. The summed E-state index contributed by atoms with van der Waals surface area (Å²) in [6.45, 7) is 33.0. The monoisotopic (exact) mass is 678 g/mol. The molecule has 0 amide bonds. The van der Waals surface area contributed by atoms with Gasteiger partial charge in [0.15, 0.2) is 0 Å². The molecule has 0 aromatic heterocycles. The van der Waals surface area contributed by atoms with Crippen LogP contribution >= 0.6 is 0 Å². The van der Waals surface area contributed by atoms with Crippen molar-refractivity contribution in [1.82, 2.24) is 0 Å². The Balaban J connectivity index is 1.93. The zero-order valence-electron chi connectivity index (χ0n) is 29.4. The van der Waals surface area contributed by atoms with E-state index in [-0.39, 0.29) is 0 Å². The van der Waals surface area contributed by atoms with Gasteiger partial charge in [-0.15, -0.1) is 0 Å². The molecule has 0 saturated carbocycles. The van der Waals surface area contributed by atoms with Crippen molar-refractivity contribution in [1.29, 1.82) is 0 Å². The van der Waals surface area contributed by atoms with Gasteiger partial charge in [-0.3, -0.25) is 0 Å². The summed E-state index contributed by atoms with van der Waals surface area (Å²) in [4.78, 5) is 0. The second-order valence-corrected chi connectivity index (χ2v) is 47.8. The lowest BCUT2D eigenvalue weighted by Crippen LogP contribution is -3.00. The van der Waals surface area contributed by atoms with E-state index in [0.717, 1.165) is 0 Å². The van der Waals surface area contributed by atoms with E-state index in [1.807, 2.05) is 0 Å². The molecule has 0 N–H and O–H groups in total. The Bertz CT molecular complexity index is 1440. The summed E-state index contributed by atoms with van der Waals surface area (Å²) in [5.41, 5.74) is 2.74. The summed E-state index contributed by atoms with van der Waals surface area (Å²) in [7, 11) is -9.75. The highest BCUT2D eigenvalue weighted by Gasteiger charge is 2.89. The Morgan fingerprint density at radius 2 is 0.659 bits per heavy atom. The van der Waals surface area contributed by atoms with Crippen molar-refractivity contribution >= 4 is 70.6 Å². The molecule has 5 rings (SSSR count). The molecule has 0 spiro atoms. The Morgan fingerprint density at radius 3 is 0.909 bits per heavy atom. The first-order valence-corrected chi connectivity index (χ1v) is 32.5. The standard InChI is InChI=1S/C38H54Si6/c1-31-23-27-35(28-24-31)39(33-19-15-13-16-20-33)37(41(3,4)5)43(9,10)38(42(6,7)8,44(37,11)12)40(34-21-17-14-18-22-34)36-29-25-32(2)26-30-36/h13-30H,1-12H3. The van der Waals surface area contributed by atoms with Gasteiger partial charge in [-0.1, -0.05) is 207 Å². The smallest absolute Gasteiger partial charge is 0.0697 e. The zero-order chi connectivity index (χ0) is 32.3. The van der Waals surface area contributed by atoms with Crippen molar-refractivity contribution in [2.45, 2.75) is 87.1 Å². The molecular formula is C38H54Si6. The molecule has 4 aromatic rings. The van der Waals surface area contributed by atoms with E-state index in [0.29, 0.717) is 7.82 Å².